The summed E-state index contributed by atoms with van der Waals surface area (Å²) in [6.45, 7) is 3.29. The quantitative estimate of drug-likeness (QED) is 0.478. The summed E-state index contributed by atoms with van der Waals surface area (Å²) >= 11 is 0. The maximum atomic E-state index is 12.6. The number of benzene rings is 2. The summed E-state index contributed by atoms with van der Waals surface area (Å²) in [7, 11) is 0. The van der Waals surface area contributed by atoms with E-state index >= 15 is 0 Å². The molecule has 0 saturated carbocycles. The molecule has 2 heterocycles. The third kappa shape index (κ3) is 4.43. The summed E-state index contributed by atoms with van der Waals surface area (Å²) < 4.78 is 5.40. The number of anilines is 1. The van der Waals surface area contributed by atoms with Crippen LogP contribution < -0.4 is 5.32 Å². The Bertz CT molecular complexity index is 1250. The number of ether oxygens (including phenoxy) is 1. The number of nitrogens with one attached hydrogen (secondary N) is 1. The fourth-order valence-corrected chi connectivity index (χ4v) is 3.27. The van der Waals surface area contributed by atoms with Crippen molar-refractivity contribution in [3.05, 3.63) is 90.3 Å². The van der Waals surface area contributed by atoms with Crippen LogP contribution >= 0.6 is 0 Å². The van der Waals surface area contributed by atoms with Crippen molar-refractivity contribution < 1.29 is 14.3 Å². The molecule has 0 aliphatic rings. The second-order valence-electron chi connectivity index (χ2n) is 7.11. The van der Waals surface area contributed by atoms with Crippen LogP contribution in [0.4, 0.5) is 5.69 Å². The van der Waals surface area contributed by atoms with Crippen LogP contribution in [0.5, 0.6) is 0 Å². The van der Waals surface area contributed by atoms with Crippen LogP contribution in [0.3, 0.4) is 0 Å². The van der Waals surface area contributed by atoms with Gasteiger partial charge in [-0.3, -0.25) is 14.8 Å². The lowest BCUT2D eigenvalue weighted by Crippen LogP contribution is -2.30. The molecule has 0 bridgehead atoms. The Kier molecular flexibility index (Phi) is 5.71. The van der Waals surface area contributed by atoms with Gasteiger partial charge in [0, 0.05) is 17.1 Å². The number of esters is 1. The molecule has 154 valence electrons. The Morgan fingerprint density at radius 2 is 1.74 bits per heavy atom. The molecular weight excluding hydrogens is 390 g/mol. The molecule has 1 N–H and O–H groups in total. The molecule has 6 nitrogen and oxygen atoms in total. The smallest absolute Gasteiger partial charge is 0.340 e. The molecule has 2 aromatic heterocycles. The van der Waals surface area contributed by atoms with Gasteiger partial charge in [0.15, 0.2) is 6.10 Å². The molecule has 6 heteroatoms. The maximum absolute atomic E-state index is 12.6. The van der Waals surface area contributed by atoms with Crippen LogP contribution in [0.15, 0.2) is 79.0 Å². The van der Waals surface area contributed by atoms with Crippen molar-refractivity contribution in [2.75, 3.05) is 5.32 Å². The molecular formula is C25H21N3O3. The van der Waals surface area contributed by atoms with Gasteiger partial charge < -0.3 is 10.1 Å². The van der Waals surface area contributed by atoms with Gasteiger partial charge in [0.1, 0.15) is 0 Å². The molecule has 0 saturated heterocycles. The van der Waals surface area contributed by atoms with Crippen LogP contribution in [0, 0.1) is 6.92 Å². The van der Waals surface area contributed by atoms with Crippen LogP contribution in [-0.2, 0) is 9.53 Å². The second kappa shape index (κ2) is 8.75. The summed E-state index contributed by atoms with van der Waals surface area (Å²) in [5, 5.41) is 3.63. The molecule has 0 unspecified atom stereocenters. The Morgan fingerprint density at radius 1 is 0.935 bits per heavy atom. The molecule has 1 amide bonds. The Morgan fingerprint density at radius 3 is 2.52 bits per heavy atom. The van der Waals surface area contributed by atoms with Crippen molar-refractivity contribution >= 4 is 28.5 Å². The SMILES string of the molecule is Cc1nc(-c2ccccc2)ccc1C(=O)O[C@@H](C)C(=O)Nc1cccc2ncccc12. The Labute approximate surface area is 179 Å². The van der Waals surface area contributed by atoms with E-state index in [0.717, 1.165) is 22.2 Å². The zero-order valence-corrected chi connectivity index (χ0v) is 17.2. The number of amides is 1. The maximum Gasteiger partial charge on any atom is 0.340 e. The third-order valence-corrected chi connectivity index (χ3v) is 4.93. The highest BCUT2D eigenvalue weighted by atomic mass is 16.5. The number of pyridine rings is 2. The highest BCUT2D eigenvalue weighted by molar-refractivity contribution is 6.03. The summed E-state index contributed by atoms with van der Waals surface area (Å²) in [6, 6.07) is 22.3. The van der Waals surface area contributed by atoms with Crippen LogP contribution in [-0.4, -0.2) is 27.9 Å². The van der Waals surface area contributed by atoms with E-state index in [1.807, 2.05) is 48.5 Å². The lowest BCUT2D eigenvalue weighted by atomic mass is 10.1. The monoisotopic (exact) mass is 411 g/mol. The van der Waals surface area contributed by atoms with Crippen LogP contribution in [0.2, 0.25) is 0 Å². The predicted molar refractivity (Wildman–Crippen MR) is 120 cm³/mol. The first-order valence-corrected chi connectivity index (χ1v) is 9.91. The summed E-state index contributed by atoms with van der Waals surface area (Å²) in [5.74, 6) is -1.01. The van der Waals surface area contributed by atoms with Crippen molar-refractivity contribution in [1.82, 2.24) is 9.97 Å². The zero-order valence-electron chi connectivity index (χ0n) is 17.2. The van der Waals surface area contributed by atoms with E-state index in [1.165, 1.54) is 6.92 Å². The van der Waals surface area contributed by atoms with Gasteiger partial charge in [0.2, 0.25) is 0 Å². The number of hydrogen-bond acceptors (Lipinski definition) is 5. The minimum atomic E-state index is -0.979. The average molecular weight is 411 g/mol. The van der Waals surface area contributed by atoms with E-state index < -0.39 is 18.0 Å². The first-order chi connectivity index (χ1) is 15.0. The normalized spacial score (nSPS) is 11.7. The lowest BCUT2D eigenvalue weighted by molar-refractivity contribution is -0.123. The molecule has 0 spiro atoms. The number of carbonyl (C=O) groups is 2. The standard InChI is InChI=1S/C25H21N3O3/c1-16-19(13-14-21(27-16)18-8-4-3-5-9-18)25(30)31-17(2)24(29)28-23-12-6-11-22-20(23)10-7-15-26-22/h3-15,17H,1-2H3,(H,28,29)/t17-/m0/s1. The van der Waals surface area contributed by atoms with E-state index in [-0.39, 0.29) is 0 Å². The lowest BCUT2D eigenvalue weighted by Gasteiger charge is -2.15. The molecule has 0 aliphatic carbocycles. The van der Waals surface area contributed by atoms with Gasteiger partial charge in [-0.1, -0.05) is 36.4 Å². The molecule has 0 radical (unpaired) electrons. The van der Waals surface area contributed by atoms with Gasteiger partial charge in [-0.2, -0.15) is 0 Å². The first kappa shape index (κ1) is 20.2. The van der Waals surface area contributed by atoms with Crippen molar-refractivity contribution in [3.63, 3.8) is 0 Å². The van der Waals surface area contributed by atoms with Gasteiger partial charge in [-0.05, 0) is 50.2 Å². The molecule has 1 atom stereocenters. The highest BCUT2D eigenvalue weighted by Crippen LogP contribution is 2.22. The molecule has 4 rings (SSSR count). The van der Waals surface area contributed by atoms with Crippen molar-refractivity contribution in [1.29, 1.82) is 0 Å². The molecule has 31 heavy (non-hydrogen) atoms. The van der Waals surface area contributed by atoms with Gasteiger partial charge in [0.05, 0.1) is 28.2 Å². The number of nitrogens with zero attached hydrogens (tertiary/aromatic N) is 2. The minimum absolute atomic E-state index is 0.327. The van der Waals surface area contributed by atoms with E-state index in [2.05, 4.69) is 15.3 Å². The molecule has 4 aromatic rings. The van der Waals surface area contributed by atoms with E-state index in [9.17, 15) is 9.59 Å². The van der Waals surface area contributed by atoms with Gasteiger partial charge in [-0.15, -0.1) is 0 Å². The van der Waals surface area contributed by atoms with E-state index in [1.54, 1.807) is 37.4 Å². The number of aromatic nitrogens is 2. The fraction of sp³-hybridized carbons (Fsp3) is 0.120. The van der Waals surface area contributed by atoms with E-state index in [4.69, 9.17) is 4.74 Å². The number of carbonyl (C=O) groups excluding carboxylic acids is 2. The van der Waals surface area contributed by atoms with E-state index in [0.29, 0.717) is 16.9 Å². The predicted octanol–water partition coefficient (Wildman–Crippen LogP) is 4.79. The number of rotatable bonds is 5. The fourth-order valence-electron chi connectivity index (χ4n) is 3.27. The Balaban J connectivity index is 1.46. The molecule has 0 fully saturated rings. The van der Waals surface area contributed by atoms with Crippen LogP contribution in [0.25, 0.3) is 22.2 Å². The average Bonchev–Trinajstić information content (AvgIpc) is 2.79. The highest BCUT2D eigenvalue weighted by Gasteiger charge is 2.21. The van der Waals surface area contributed by atoms with Gasteiger partial charge in [-0.25, -0.2) is 4.79 Å². The Hall–Kier alpha value is -4.06. The topological polar surface area (TPSA) is 81.2 Å². The number of hydrogen-bond donors (Lipinski definition) is 1. The molecule has 0 aliphatic heterocycles. The second-order valence-corrected chi connectivity index (χ2v) is 7.11. The first-order valence-electron chi connectivity index (χ1n) is 9.91. The molecule has 2 aromatic carbocycles. The number of aryl methyl sites for hydroxylation is 1. The van der Waals surface area contributed by atoms with Gasteiger partial charge in [0.25, 0.3) is 5.91 Å². The minimum Gasteiger partial charge on any atom is -0.449 e. The van der Waals surface area contributed by atoms with Crippen LogP contribution in [0.1, 0.15) is 23.0 Å². The van der Waals surface area contributed by atoms with Crippen molar-refractivity contribution in [2.45, 2.75) is 20.0 Å². The number of fused-ring (bicyclic) bond motifs is 1. The summed E-state index contributed by atoms with van der Waals surface area (Å²) in [5.41, 5.74) is 3.98. The van der Waals surface area contributed by atoms with Crippen molar-refractivity contribution in [2.24, 2.45) is 0 Å². The summed E-state index contributed by atoms with van der Waals surface area (Å²) in [4.78, 5) is 34.1. The largest absolute Gasteiger partial charge is 0.449 e. The van der Waals surface area contributed by atoms with Crippen molar-refractivity contribution in [3.8, 4) is 11.3 Å². The van der Waals surface area contributed by atoms with Gasteiger partial charge >= 0.3 is 5.97 Å². The zero-order chi connectivity index (χ0) is 21.8. The third-order valence-electron chi connectivity index (χ3n) is 4.93. The summed E-state index contributed by atoms with van der Waals surface area (Å²) in [6.07, 6.45) is 0.713.